The third kappa shape index (κ3) is 1.15. The quantitative estimate of drug-likeness (QED) is 0.456. The van der Waals surface area contributed by atoms with Gasteiger partial charge in [0.1, 0.15) is 5.65 Å². The number of para-hydroxylation sites is 1. The van der Waals surface area contributed by atoms with Gasteiger partial charge in [0.05, 0.1) is 22.8 Å². The second-order valence-corrected chi connectivity index (χ2v) is 6.50. The van der Waals surface area contributed by atoms with E-state index in [1.165, 1.54) is 0 Å². The lowest BCUT2D eigenvalue weighted by Crippen LogP contribution is -2.34. The second kappa shape index (κ2) is 3.55. The van der Waals surface area contributed by atoms with Gasteiger partial charge < -0.3 is 0 Å². The molecule has 0 radical (unpaired) electrons. The molecule has 4 aromatic rings. The Morgan fingerprint density at radius 2 is 1.68 bits per heavy atom. The topological polar surface area (TPSA) is 34.4 Å². The molecule has 5 rings (SSSR count). The van der Waals surface area contributed by atoms with Gasteiger partial charge in [0.2, 0.25) is 0 Å². The summed E-state index contributed by atoms with van der Waals surface area (Å²) in [6.45, 7) is 3.96. The van der Waals surface area contributed by atoms with Crippen LogP contribution in [0.25, 0.3) is 27.3 Å². The van der Waals surface area contributed by atoms with Gasteiger partial charge in [-0.2, -0.15) is 0 Å². The van der Waals surface area contributed by atoms with Crippen LogP contribution >= 0.6 is 0 Å². The zero-order valence-corrected chi connectivity index (χ0v) is 12.4. The van der Waals surface area contributed by atoms with Crippen molar-refractivity contribution in [2.75, 3.05) is 0 Å². The SMILES string of the molecule is CC1(C)C(=O)c2cccc3c4ccccc4c4ncc1n4c23. The molecule has 1 aliphatic heterocycles. The van der Waals surface area contributed by atoms with Crippen molar-refractivity contribution >= 4 is 33.1 Å². The van der Waals surface area contributed by atoms with Crippen LogP contribution in [0.1, 0.15) is 29.9 Å². The highest BCUT2D eigenvalue weighted by Crippen LogP contribution is 2.40. The fraction of sp³-hybridized carbons (Fsp3) is 0.158. The zero-order chi connectivity index (χ0) is 15.1. The Bertz CT molecular complexity index is 1120. The summed E-state index contributed by atoms with van der Waals surface area (Å²) in [5, 5.41) is 3.39. The lowest BCUT2D eigenvalue weighted by atomic mass is 9.78. The molecule has 22 heavy (non-hydrogen) atoms. The number of nitrogens with zero attached hydrogens (tertiary/aromatic N) is 2. The number of hydrogen-bond acceptors (Lipinski definition) is 2. The Morgan fingerprint density at radius 1 is 0.955 bits per heavy atom. The summed E-state index contributed by atoms with van der Waals surface area (Å²) in [4.78, 5) is 17.6. The minimum Gasteiger partial charge on any atom is -0.294 e. The Morgan fingerprint density at radius 3 is 2.50 bits per heavy atom. The number of carbonyl (C=O) groups is 1. The fourth-order valence-electron chi connectivity index (χ4n) is 3.76. The van der Waals surface area contributed by atoms with E-state index < -0.39 is 5.41 Å². The van der Waals surface area contributed by atoms with Crippen LogP contribution < -0.4 is 0 Å². The average Bonchev–Trinajstić information content (AvgIpc) is 2.99. The lowest BCUT2D eigenvalue weighted by Gasteiger charge is -2.29. The first-order valence-electron chi connectivity index (χ1n) is 7.47. The highest BCUT2D eigenvalue weighted by Gasteiger charge is 2.39. The molecule has 106 valence electrons. The number of pyridine rings is 1. The predicted octanol–water partition coefficient (Wildman–Crippen LogP) is 4.11. The van der Waals surface area contributed by atoms with Crippen molar-refractivity contribution in [1.82, 2.24) is 9.38 Å². The summed E-state index contributed by atoms with van der Waals surface area (Å²) in [5.74, 6) is 0.169. The van der Waals surface area contributed by atoms with E-state index in [2.05, 4.69) is 27.6 Å². The molecule has 0 spiro atoms. The molecule has 0 amide bonds. The predicted molar refractivity (Wildman–Crippen MR) is 87.6 cm³/mol. The molecule has 0 fully saturated rings. The highest BCUT2D eigenvalue weighted by molar-refractivity contribution is 6.20. The average molecular weight is 286 g/mol. The largest absolute Gasteiger partial charge is 0.294 e. The summed E-state index contributed by atoms with van der Waals surface area (Å²) in [6, 6.07) is 14.3. The van der Waals surface area contributed by atoms with Crippen molar-refractivity contribution in [3.05, 3.63) is 59.9 Å². The van der Waals surface area contributed by atoms with E-state index in [9.17, 15) is 4.79 Å². The van der Waals surface area contributed by atoms with Crippen LogP contribution in [0.15, 0.2) is 48.7 Å². The van der Waals surface area contributed by atoms with Gasteiger partial charge in [-0.3, -0.25) is 9.20 Å². The van der Waals surface area contributed by atoms with Crippen LogP contribution in [0, 0.1) is 0 Å². The molecule has 3 heterocycles. The molecule has 2 aromatic heterocycles. The van der Waals surface area contributed by atoms with Crippen LogP contribution in [0.5, 0.6) is 0 Å². The van der Waals surface area contributed by atoms with E-state index in [0.717, 1.165) is 38.6 Å². The van der Waals surface area contributed by atoms with Crippen molar-refractivity contribution in [2.24, 2.45) is 0 Å². The second-order valence-electron chi connectivity index (χ2n) is 6.50. The Kier molecular flexibility index (Phi) is 1.93. The first kappa shape index (κ1) is 11.9. The molecule has 0 atom stereocenters. The normalized spacial score (nSPS) is 16.2. The van der Waals surface area contributed by atoms with Gasteiger partial charge in [-0.05, 0) is 25.3 Å². The number of fused-ring (bicyclic) bond motifs is 3. The van der Waals surface area contributed by atoms with Crippen LogP contribution in [0.2, 0.25) is 0 Å². The van der Waals surface area contributed by atoms with Gasteiger partial charge in [-0.15, -0.1) is 0 Å². The molecular formula is C19H14N2O. The van der Waals surface area contributed by atoms with Gasteiger partial charge in [0.25, 0.3) is 0 Å². The number of Topliss-reactive ketones (excluding diaryl/α,β-unsaturated/α-hetero) is 1. The third-order valence-corrected chi connectivity index (χ3v) is 4.93. The monoisotopic (exact) mass is 286 g/mol. The maximum Gasteiger partial charge on any atom is 0.176 e. The number of rotatable bonds is 0. The zero-order valence-electron chi connectivity index (χ0n) is 12.4. The van der Waals surface area contributed by atoms with Gasteiger partial charge in [-0.1, -0.05) is 36.4 Å². The standard InChI is InChI=1S/C19H14N2O/c1-19(2)15-10-20-18-13-7-4-3-6-11(13)12-8-5-9-14(17(19)22)16(12)21(15)18/h3-10H,1-2H3. The van der Waals surface area contributed by atoms with Gasteiger partial charge >= 0.3 is 0 Å². The smallest absolute Gasteiger partial charge is 0.176 e. The maximum absolute atomic E-state index is 13.0. The van der Waals surface area contributed by atoms with E-state index in [1.54, 1.807) is 0 Å². The van der Waals surface area contributed by atoms with Crippen LogP contribution in [-0.4, -0.2) is 15.2 Å². The minimum atomic E-state index is -0.552. The van der Waals surface area contributed by atoms with Gasteiger partial charge in [0, 0.05) is 16.3 Å². The fourth-order valence-corrected chi connectivity index (χ4v) is 3.76. The molecule has 0 saturated carbocycles. The van der Waals surface area contributed by atoms with Crippen molar-refractivity contribution < 1.29 is 4.79 Å². The molecule has 0 saturated heterocycles. The molecule has 0 bridgehead atoms. The van der Waals surface area contributed by atoms with E-state index >= 15 is 0 Å². The van der Waals surface area contributed by atoms with E-state index in [-0.39, 0.29) is 5.78 Å². The summed E-state index contributed by atoms with van der Waals surface area (Å²) in [7, 11) is 0. The van der Waals surface area contributed by atoms with Crippen molar-refractivity contribution in [1.29, 1.82) is 0 Å². The number of carbonyl (C=O) groups excluding carboxylic acids is 1. The van der Waals surface area contributed by atoms with Crippen molar-refractivity contribution in [2.45, 2.75) is 19.3 Å². The Hall–Kier alpha value is -2.68. The maximum atomic E-state index is 13.0. The summed E-state index contributed by atoms with van der Waals surface area (Å²) < 4.78 is 2.17. The first-order valence-corrected chi connectivity index (χ1v) is 7.47. The van der Waals surface area contributed by atoms with E-state index in [0.29, 0.717) is 0 Å². The van der Waals surface area contributed by atoms with Crippen LogP contribution in [0.4, 0.5) is 0 Å². The molecular weight excluding hydrogens is 272 g/mol. The molecule has 3 heteroatoms. The Balaban J connectivity index is 2.23. The molecule has 0 unspecified atom stereocenters. The number of benzene rings is 2. The Labute approximate surface area is 127 Å². The molecule has 0 aliphatic carbocycles. The van der Waals surface area contributed by atoms with Crippen molar-refractivity contribution in [3.8, 4) is 0 Å². The van der Waals surface area contributed by atoms with Crippen LogP contribution in [0.3, 0.4) is 0 Å². The summed E-state index contributed by atoms with van der Waals surface area (Å²) >= 11 is 0. The number of ketones is 1. The van der Waals surface area contributed by atoms with E-state index in [4.69, 9.17) is 0 Å². The number of imidazole rings is 1. The van der Waals surface area contributed by atoms with Gasteiger partial charge in [-0.25, -0.2) is 4.98 Å². The summed E-state index contributed by atoms with van der Waals surface area (Å²) in [5.41, 5.74) is 3.15. The third-order valence-electron chi connectivity index (χ3n) is 4.93. The number of hydrogen-bond donors (Lipinski definition) is 0. The highest BCUT2D eigenvalue weighted by atomic mass is 16.1. The molecule has 0 N–H and O–H groups in total. The van der Waals surface area contributed by atoms with Crippen LogP contribution in [-0.2, 0) is 5.41 Å². The molecule has 1 aliphatic rings. The molecule has 2 aromatic carbocycles. The van der Waals surface area contributed by atoms with Gasteiger partial charge in [0.15, 0.2) is 5.78 Å². The van der Waals surface area contributed by atoms with E-state index in [1.807, 2.05) is 44.3 Å². The summed E-state index contributed by atoms with van der Waals surface area (Å²) in [6.07, 6.45) is 1.86. The molecule has 3 nitrogen and oxygen atoms in total. The number of aromatic nitrogens is 2. The van der Waals surface area contributed by atoms with Crippen molar-refractivity contribution in [3.63, 3.8) is 0 Å². The minimum absolute atomic E-state index is 0.169. The lowest BCUT2D eigenvalue weighted by molar-refractivity contribution is 0.0903. The first-order chi connectivity index (χ1) is 10.6.